The molecule has 100 valence electrons. The molecule has 0 bridgehead atoms. The van der Waals surface area contributed by atoms with Crippen LogP contribution in [0.4, 0.5) is 0 Å². The molecule has 0 N–H and O–H groups in total. The van der Waals surface area contributed by atoms with Crippen molar-refractivity contribution in [3.05, 3.63) is 77.4 Å². The fourth-order valence-electron chi connectivity index (χ4n) is 2.90. The van der Waals surface area contributed by atoms with Crippen molar-refractivity contribution >= 4 is 11.9 Å². The van der Waals surface area contributed by atoms with E-state index in [1.165, 1.54) is 5.56 Å². The number of hydrogen-bond donors (Lipinski definition) is 0. The number of Topliss-reactive ketones (excluding diaryl/α,β-unsaturated/α-hetero) is 1. The lowest BCUT2D eigenvalue weighted by atomic mass is 9.78. The molecule has 0 amide bonds. The molecule has 1 unspecified atom stereocenters. The van der Waals surface area contributed by atoms with Crippen LogP contribution >= 0.6 is 0 Å². The summed E-state index contributed by atoms with van der Waals surface area (Å²) in [7, 11) is 0. The molecular formula is C19H18O. The molecular weight excluding hydrogens is 244 g/mol. The summed E-state index contributed by atoms with van der Waals surface area (Å²) in [6.45, 7) is 0. The first-order chi connectivity index (χ1) is 9.84. The van der Waals surface area contributed by atoms with Crippen molar-refractivity contribution in [3.63, 3.8) is 0 Å². The highest BCUT2D eigenvalue weighted by atomic mass is 16.1. The number of carbonyl (C=O) groups excluding carboxylic acids is 1. The molecule has 0 spiro atoms. The van der Waals surface area contributed by atoms with Gasteiger partial charge in [-0.1, -0.05) is 60.7 Å². The van der Waals surface area contributed by atoms with Crippen molar-refractivity contribution in [1.82, 2.24) is 0 Å². The fraction of sp³-hybridized carbons (Fsp3) is 0.211. The fourth-order valence-corrected chi connectivity index (χ4v) is 2.90. The number of benzene rings is 2. The van der Waals surface area contributed by atoms with E-state index >= 15 is 0 Å². The molecule has 20 heavy (non-hydrogen) atoms. The van der Waals surface area contributed by atoms with Gasteiger partial charge in [-0.15, -0.1) is 0 Å². The van der Waals surface area contributed by atoms with Crippen LogP contribution in [0.25, 0.3) is 6.08 Å². The molecule has 1 aliphatic carbocycles. The molecule has 0 saturated heterocycles. The first kappa shape index (κ1) is 12.9. The summed E-state index contributed by atoms with van der Waals surface area (Å²) in [5, 5.41) is 0. The predicted octanol–water partition coefficient (Wildman–Crippen LogP) is 4.61. The lowest BCUT2D eigenvalue weighted by Gasteiger charge is -2.25. The first-order valence-corrected chi connectivity index (χ1v) is 7.19. The summed E-state index contributed by atoms with van der Waals surface area (Å²) in [5.74, 6) is 0.548. The maximum absolute atomic E-state index is 12.3. The van der Waals surface area contributed by atoms with E-state index in [4.69, 9.17) is 0 Å². The zero-order valence-corrected chi connectivity index (χ0v) is 11.5. The Hall–Kier alpha value is -2.15. The van der Waals surface area contributed by atoms with Crippen molar-refractivity contribution in [3.8, 4) is 0 Å². The van der Waals surface area contributed by atoms with Crippen LogP contribution in [-0.4, -0.2) is 5.78 Å². The third-order valence-corrected chi connectivity index (χ3v) is 3.92. The topological polar surface area (TPSA) is 17.1 Å². The molecule has 2 aromatic rings. The van der Waals surface area contributed by atoms with Crippen LogP contribution in [0.1, 0.15) is 36.3 Å². The third-order valence-electron chi connectivity index (χ3n) is 3.92. The van der Waals surface area contributed by atoms with Gasteiger partial charge >= 0.3 is 0 Å². The summed E-state index contributed by atoms with van der Waals surface area (Å²) in [6, 6.07) is 20.5. The van der Waals surface area contributed by atoms with E-state index in [1.807, 2.05) is 24.3 Å². The van der Waals surface area contributed by atoms with E-state index in [-0.39, 0.29) is 5.92 Å². The van der Waals surface area contributed by atoms with Crippen LogP contribution in [0.2, 0.25) is 0 Å². The number of ketones is 1. The Kier molecular flexibility index (Phi) is 3.78. The number of rotatable bonds is 2. The maximum atomic E-state index is 12.3. The first-order valence-electron chi connectivity index (χ1n) is 7.19. The van der Waals surface area contributed by atoms with E-state index in [1.54, 1.807) is 0 Å². The second-order valence-electron chi connectivity index (χ2n) is 5.29. The van der Waals surface area contributed by atoms with Crippen molar-refractivity contribution in [1.29, 1.82) is 0 Å². The minimum atomic E-state index is 0.248. The van der Waals surface area contributed by atoms with Gasteiger partial charge in [0.15, 0.2) is 5.78 Å². The van der Waals surface area contributed by atoms with Crippen LogP contribution in [0.15, 0.2) is 66.2 Å². The minimum Gasteiger partial charge on any atom is -0.295 e. The van der Waals surface area contributed by atoms with Crippen LogP contribution < -0.4 is 0 Å². The van der Waals surface area contributed by atoms with Gasteiger partial charge in [0.05, 0.1) is 0 Å². The number of allylic oxidation sites excluding steroid dienone is 1. The Bertz CT molecular complexity index is 611. The van der Waals surface area contributed by atoms with Crippen molar-refractivity contribution in [2.45, 2.75) is 25.2 Å². The van der Waals surface area contributed by atoms with Gasteiger partial charge in [0, 0.05) is 17.9 Å². The molecule has 1 aliphatic rings. The molecule has 1 saturated carbocycles. The van der Waals surface area contributed by atoms with E-state index in [9.17, 15) is 4.79 Å². The van der Waals surface area contributed by atoms with Crippen LogP contribution in [0.5, 0.6) is 0 Å². The highest BCUT2D eigenvalue weighted by Gasteiger charge is 2.26. The monoisotopic (exact) mass is 262 g/mol. The lowest BCUT2D eigenvalue weighted by Crippen LogP contribution is -2.17. The molecule has 1 nitrogen and oxygen atoms in total. The van der Waals surface area contributed by atoms with Gasteiger partial charge in [-0.25, -0.2) is 0 Å². The van der Waals surface area contributed by atoms with Crippen LogP contribution in [0.3, 0.4) is 0 Å². The zero-order valence-electron chi connectivity index (χ0n) is 11.5. The zero-order chi connectivity index (χ0) is 13.8. The molecule has 0 aliphatic heterocycles. The van der Waals surface area contributed by atoms with Crippen LogP contribution in [0, 0.1) is 0 Å². The van der Waals surface area contributed by atoms with Crippen LogP contribution in [-0.2, 0) is 4.79 Å². The summed E-state index contributed by atoms with van der Waals surface area (Å²) in [4.78, 5) is 12.3. The van der Waals surface area contributed by atoms with Crippen molar-refractivity contribution in [2.24, 2.45) is 0 Å². The van der Waals surface area contributed by atoms with Gasteiger partial charge in [-0.3, -0.25) is 4.79 Å². The van der Waals surface area contributed by atoms with Crippen molar-refractivity contribution < 1.29 is 4.79 Å². The Morgan fingerprint density at radius 1 is 0.900 bits per heavy atom. The molecule has 3 rings (SSSR count). The highest BCUT2D eigenvalue weighted by Crippen LogP contribution is 2.36. The Morgan fingerprint density at radius 3 is 2.25 bits per heavy atom. The summed E-state index contributed by atoms with van der Waals surface area (Å²) in [5.41, 5.74) is 3.33. The molecule has 1 fully saturated rings. The van der Waals surface area contributed by atoms with E-state index in [0.717, 1.165) is 24.0 Å². The molecule has 1 heteroatoms. The van der Waals surface area contributed by atoms with Gasteiger partial charge in [0.1, 0.15) is 0 Å². The largest absolute Gasteiger partial charge is 0.295 e. The van der Waals surface area contributed by atoms with Gasteiger partial charge in [0.2, 0.25) is 0 Å². The highest BCUT2D eigenvalue weighted by molar-refractivity contribution is 6.01. The lowest BCUT2D eigenvalue weighted by molar-refractivity contribution is -0.116. The van der Waals surface area contributed by atoms with E-state index < -0.39 is 0 Å². The second-order valence-corrected chi connectivity index (χ2v) is 5.29. The van der Waals surface area contributed by atoms with Gasteiger partial charge in [-0.05, 0) is 30.0 Å². The van der Waals surface area contributed by atoms with E-state index in [2.05, 4.69) is 42.5 Å². The quantitative estimate of drug-likeness (QED) is 0.722. The number of hydrogen-bond acceptors (Lipinski definition) is 1. The standard InChI is InChI=1S/C19H18O/c20-19-13-7-12-17(16-10-5-2-6-11-16)18(19)14-15-8-3-1-4-9-15/h1-6,8-11,14,17H,7,12-13H2/b18-14-. The molecule has 0 aromatic heterocycles. The van der Waals surface area contributed by atoms with Gasteiger partial charge < -0.3 is 0 Å². The van der Waals surface area contributed by atoms with Crippen molar-refractivity contribution in [2.75, 3.05) is 0 Å². The molecule has 2 aromatic carbocycles. The average molecular weight is 262 g/mol. The number of carbonyl (C=O) groups is 1. The Labute approximate surface area is 120 Å². The summed E-state index contributed by atoms with van der Waals surface area (Å²) < 4.78 is 0. The minimum absolute atomic E-state index is 0.248. The smallest absolute Gasteiger partial charge is 0.159 e. The maximum Gasteiger partial charge on any atom is 0.159 e. The second kappa shape index (κ2) is 5.87. The predicted molar refractivity (Wildman–Crippen MR) is 82.5 cm³/mol. The van der Waals surface area contributed by atoms with E-state index in [0.29, 0.717) is 12.2 Å². The summed E-state index contributed by atoms with van der Waals surface area (Å²) >= 11 is 0. The Balaban J connectivity index is 2.00. The molecule has 0 radical (unpaired) electrons. The molecule has 0 heterocycles. The third kappa shape index (κ3) is 2.72. The van der Waals surface area contributed by atoms with Gasteiger partial charge in [0.25, 0.3) is 0 Å². The molecule has 1 atom stereocenters. The normalized spacial score (nSPS) is 21.1. The van der Waals surface area contributed by atoms with Gasteiger partial charge in [-0.2, -0.15) is 0 Å². The Morgan fingerprint density at radius 2 is 1.55 bits per heavy atom. The summed E-state index contributed by atoms with van der Waals surface area (Å²) in [6.07, 6.45) is 4.81. The SMILES string of the molecule is O=C1CCCC(c2ccccc2)/C1=C/c1ccccc1. The average Bonchev–Trinajstić information content (AvgIpc) is 2.51.